The van der Waals surface area contributed by atoms with Crippen molar-refractivity contribution in [1.82, 2.24) is 4.98 Å². The van der Waals surface area contributed by atoms with E-state index in [0.717, 1.165) is 0 Å². The summed E-state index contributed by atoms with van der Waals surface area (Å²) in [6.45, 7) is 0. The Hall–Kier alpha value is -2.54. The quantitative estimate of drug-likeness (QED) is 0.846. The number of hydrogen-bond donors (Lipinski definition) is 2. The van der Waals surface area contributed by atoms with Crippen LogP contribution in [0.1, 0.15) is 15.9 Å². The van der Waals surface area contributed by atoms with Gasteiger partial charge in [0.2, 0.25) is 0 Å². The summed E-state index contributed by atoms with van der Waals surface area (Å²) in [5.74, 6) is -0.826. The van der Waals surface area contributed by atoms with Crippen molar-refractivity contribution in [3.8, 4) is 5.75 Å². The molecule has 0 saturated carbocycles. The molecule has 5 nitrogen and oxygen atoms in total. The minimum atomic E-state index is -0.623. The second-order valence-corrected chi connectivity index (χ2v) is 4.53. The van der Waals surface area contributed by atoms with Crippen molar-refractivity contribution in [2.75, 3.05) is 12.4 Å². The third kappa shape index (κ3) is 3.32. The van der Waals surface area contributed by atoms with E-state index in [1.54, 1.807) is 0 Å². The van der Waals surface area contributed by atoms with E-state index >= 15 is 0 Å². The van der Waals surface area contributed by atoms with E-state index in [9.17, 15) is 9.18 Å². The van der Waals surface area contributed by atoms with Crippen LogP contribution in [0.5, 0.6) is 5.75 Å². The van der Waals surface area contributed by atoms with Gasteiger partial charge in [-0.05, 0) is 24.3 Å². The van der Waals surface area contributed by atoms with Gasteiger partial charge in [-0.15, -0.1) is 0 Å². The molecule has 0 atom stereocenters. The van der Waals surface area contributed by atoms with Crippen molar-refractivity contribution in [2.24, 2.45) is 5.73 Å². The van der Waals surface area contributed by atoms with E-state index in [0.29, 0.717) is 11.3 Å². The number of nitrogens with one attached hydrogen (secondary N) is 1. The van der Waals surface area contributed by atoms with Gasteiger partial charge in [0.05, 0.1) is 24.6 Å². The van der Waals surface area contributed by atoms with Crippen LogP contribution in [0.2, 0.25) is 0 Å². The van der Waals surface area contributed by atoms with Gasteiger partial charge >= 0.3 is 0 Å². The Balaban J connectivity index is 2.26. The lowest BCUT2D eigenvalue weighted by molar-refractivity contribution is 0.102. The molecule has 0 spiro atoms. The zero-order valence-corrected chi connectivity index (χ0v) is 11.9. The maximum Gasteiger partial charge on any atom is 0.259 e. The summed E-state index contributed by atoms with van der Waals surface area (Å²) in [5, 5.41) is 2.46. The number of hydrogen-bond acceptors (Lipinski definition) is 4. The molecule has 1 aromatic carbocycles. The molecule has 0 aliphatic rings. The van der Waals surface area contributed by atoms with Crippen molar-refractivity contribution in [1.29, 1.82) is 0 Å². The summed E-state index contributed by atoms with van der Waals surface area (Å²) in [4.78, 5) is 16.1. The number of thiocarbonyl (C=S) groups is 1. The highest BCUT2D eigenvalue weighted by Gasteiger charge is 2.14. The van der Waals surface area contributed by atoms with Crippen molar-refractivity contribution < 1.29 is 13.9 Å². The summed E-state index contributed by atoms with van der Waals surface area (Å²) < 4.78 is 18.9. The first kappa shape index (κ1) is 14.9. The van der Waals surface area contributed by atoms with Crippen molar-refractivity contribution in [3.05, 3.63) is 53.6 Å². The number of carbonyl (C=O) groups is 1. The van der Waals surface area contributed by atoms with Gasteiger partial charge in [0.25, 0.3) is 5.91 Å². The monoisotopic (exact) mass is 305 g/mol. The Morgan fingerprint density at radius 2 is 2.19 bits per heavy atom. The van der Waals surface area contributed by atoms with Gasteiger partial charge in [0.1, 0.15) is 16.6 Å². The molecule has 0 saturated heterocycles. The second kappa shape index (κ2) is 6.27. The molecule has 2 aromatic rings. The number of benzene rings is 1. The van der Waals surface area contributed by atoms with E-state index in [1.165, 1.54) is 43.8 Å². The predicted octanol–water partition coefficient (Wildman–Crippen LogP) is 2.12. The molecular weight excluding hydrogens is 293 g/mol. The highest BCUT2D eigenvalue weighted by molar-refractivity contribution is 7.80. The van der Waals surface area contributed by atoms with Gasteiger partial charge < -0.3 is 15.8 Å². The van der Waals surface area contributed by atoms with Crippen LogP contribution in [0.3, 0.4) is 0 Å². The number of amides is 1. The van der Waals surface area contributed by atoms with E-state index < -0.39 is 11.7 Å². The molecule has 2 rings (SSSR count). The van der Waals surface area contributed by atoms with Crippen molar-refractivity contribution >= 4 is 28.8 Å². The smallest absolute Gasteiger partial charge is 0.259 e. The highest BCUT2D eigenvalue weighted by Crippen LogP contribution is 2.20. The maximum absolute atomic E-state index is 13.9. The van der Waals surface area contributed by atoms with E-state index in [2.05, 4.69) is 10.3 Å². The Kier molecular flexibility index (Phi) is 4.44. The van der Waals surface area contributed by atoms with E-state index in [-0.39, 0.29) is 16.2 Å². The number of anilines is 1. The van der Waals surface area contributed by atoms with Gasteiger partial charge in [0, 0.05) is 11.8 Å². The van der Waals surface area contributed by atoms with Gasteiger partial charge in [-0.2, -0.15) is 0 Å². The lowest BCUT2D eigenvalue weighted by Crippen LogP contribution is -2.15. The number of aromatic nitrogens is 1. The molecule has 0 fully saturated rings. The normalized spacial score (nSPS) is 10.0. The van der Waals surface area contributed by atoms with Crippen LogP contribution in [0, 0.1) is 5.82 Å². The van der Waals surface area contributed by atoms with Crippen LogP contribution in [0.25, 0.3) is 0 Å². The molecule has 7 heteroatoms. The number of nitrogens with two attached hydrogens (primary N) is 1. The fourth-order valence-corrected chi connectivity index (χ4v) is 1.82. The molecule has 1 heterocycles. The van der Waals surface area contributed by atoms with Crippen LogP contribution < -0.4 is 15.8 Å². The van der Waals surface area contributed by atoms with Crippen molar-refractivity contribution in [2.45, 2.75) is 0 Å². The fraction of sp³-hybridized carbons (Fsp3) is 0.0714. The zero-order chi connectivity index (χ0) is 15.4. The van der Waals surface area contributed by atoms with Crippen LogP contribution in [0.15, 0.2) is 36.7 Å². The molecule has 21 heavy (non-hydrogen) atoms. The first-order valence-electron chi connectivity index (χ1n) is 5.91. The SMILES string of the molecule is COc1cnccc1C(=O)Nc1ccc(C(N)=S)cc1F. The number of nitrogens with zero attached hydrogens (tertiary/aromatic N) is 1. The first-order valence-corrected chi connectivity index (χ1v) is 6.32. The van der Waals surface area contributed by atoms with Gasteiger partial charge in [0.15, 0.2) is 0 Å². The number of pyridine rings is 1. The van der Waals surface area contributed by atoms with Gasteiger partial charge in [-0.1, -0.05) is 12.2 Å². The minimum Gasteiger partial charge on any atom is -0.494 e. The summed E-state index contributed by atoms with van der Waals surface area (Å²) in [7, 11) is 1.42. The Labute approximate surface area is 125 Å². The van der Waals surface area contributed by atoms with Gasteiger partial charge in [-0.3, -0.25) is 9.78 Å². The van der Waals surface area contributed by atoms with E-state index in [1.807, 2.05) is 0 Å². The molecule has 0 aliphatic carbocycles. The van der Waals surface area contributed by atoms with Crippen LogP contribution in [-0.4, -0.2) is 23.0 Å². The standard InChI is InChI=1S/C14H12FN3O2S/c1-20-12-7-17-5-4-9(12)14(19)18-11-3-2-8(13(16)21)6-10(11)15/h2-7H,1H3,(H2,16,21)(H,18,19). The lowest BCUT2D eigenvalue weighted by Gasteiger charge is -2.10. The molecule has 1 aromatic heterocycles. The molecule has 0 bridgehead atoms. The average molecular weight is 305 g/mol. The molecule has 0 unspecified atom stereocenters. The lowest BCUT2D eigenvalue weighted by atomic mass is 10.2. The number of methoxy groups -OCH3 is 1. The predicted molar refractivity (Wildman–Crippen MR) is 81.0 cm³/mol. The number of ether oxygens (including phenoxy) is 1. The Morgan fingerprint density at radius 3 is 2.81 bits per heavy atom. The summed E-state index contributed by atoms with van der Waals surface area (Å²) in [5.41, 5.74) is 6.09. The van der Waals surface area contributed by atoms with Crippen LogP contribution in [-0.2, 0) is 0 Å². The minimum absolute atomic E-state index is 0.0267. The topological polar surface area (TPSA) is 77.2 Å². The zero-order valence-electron chi connectivity index (χ0n) is 11.1. The van der Waals surface area contributed by atoms with Crippen molar-refractivity contribution in [3.63, 3.8) is 0 Å². The van der Waals surface area contributed by atoms with E-state index in [4.69, 9.17) is 22.7 Å². The Morgan fingerprint density at radius 1 is 1.43 bits per heavy atom. The maximum atomic E-state index is 13.9. The molecule has 0 aliphatic heterocycles. The average Bonchev–Trinajstić information content (AvgIpc) is 2.48. The molecule has 0 radical (unpaired) electrons. The third-order valence-electron chi connectivity index (χ3n) is 2.75. The summed E-state index contributed by atoms with van der Waals surface area (Å²) in [6, 6.07) is 5.58. The first-order chi connectivity index (χ1) is 10.0. The highest BCUT2D eigenvalue weighted by atomic mass is 32.1. The molecule has 3 N–H and O–H groups in total. The largest absolute Gasteiger partial charge is 0.494 e. The number of halogens is 1. The number of carbonyl (C=O) groups excluding carboxylic acids is 1. The second-order valence-electron chi connectivity index (χ2n) is 4.09. The fourth-order valence-electron chi connectivity index (χ4n) is 1.69. The third-order valence-corrected chi connectivity index (χ3v) is 2.99. The molecular formula is C14H12FN3O2S. The summed E-state index contributed by atoms with van der Waals surface area (Å²) in [6.07, 6.45) is 2.85. The molecule has 108 valence electrons. The van der Waals surface area contributed by atoms with Crippen LogP contribution in [0.4, 0.5) is 10.1 Å². The Bertz CT molecular complexity index is 706. The number of rotatable bonds is 4. The summed E-state index contributed by atoms with van der Waals surface area (Å²) >= 11 is 4.76. The van der Waals surface area contributed by atoms with Crippen LogP contribution >= 0.6 is 12.2 Å². The molecule has 1 amide bonds. The van der Waals surface area contributed by atoms with Gasteiger partial charge in [-0.25, -0.2) is 4.39 Å².